The van der Waals surface area contributed by atoms with Crippen LogP contribution in [0.5, 0.6) is 0 Å². The topological polar surface area (TPSA) is 71.3 Å². The molecule has 0 atom stereocenters. The van der Waals surface area contributed by atoms with Gasteiger partial charge in [-0.1, -0.05) is 13.8 Å². The molecule has 6 heteroatoms. The molecule has 0 unspecified atom stereocenters. The highest BCUT2D eigenvalue weighted by molar-refractivity contribution is 5.92. The Kier molecular flexibility index (Phi) is 5.36. The van der Waals surface area contributed by atoms with Crippen molar-refractivity contribution in [2.75, 3.05) is 18.0 Å². The number of carbonyl (C=O) groups is 1. The first-order valence-corrected chi connectivity index (χ1v) is 9.00. The molecule has 1 fully saturated rings. The van der Waals surface area contributed by atoms with Crippen LogP contribution in [-0.2, 0) is 6.54 Å². The van der Waals surface area contributed by atoms with Crippen molar-refractivity contribution in [2.24, 2.45) is 0 Å². The van der Waals surface area contributed by atoms with E-state index in [9.17, 15) is 4.79 Å². The number of rotatable bonds is 5. The average molecular weight is 342 g/mol. The van der Waals surface area contributed by atoms with Gasteiger partial charge in [0.1, 0.15) is 17.2 Å². The van der Waals surface area contributed by atoms with Gasteiger partial charge in [-0.3, -0.25) is 4.79 Å². The lowest BCUT2D eigenvalue weighted by molar-refractivity contribution is 0.0942. The molecule has 1 aliphatic heterocycles. The smallest absolute Gasteiger partial charge is 0.270 e. The highest BCUT2D eigenvalue weighted by Gasteiger charge is 2.19. The third kappa shape index (κ3) is 4.38. The summed E-state index contributed by atoms with van der Waals surface area (Å²) in [4.78, 5) is 24.0. The zero-order valence-corrected chi connectivity index (χ0v) is 15.2. The standard InChI is InChI=1S/C19H26N4O2/c1-13(2)16-11-17(18(24)20-12-15-8-7-14(3)25-15)22-19(21-16)23-9-5-4-6-10-23/h7-8,11,13H,4-6,9-10,12H2,1-3H3,(H,20,24). The number of carbonyl (C=O) groups excluding carboxylic acids is 1. The Morgan fingerprint density at radius 1 is 1.24 bits per heavy atom. The van der Waals surface area contributed by atoms with Crippen LogP contribution in [-0.4, -0.2) is 29.0 Å². The first kappa shape index (κ1) is 17.5. The van der Waals surface area contributed by atoms with Gasteiger partial charge >= 0.3 is 0 Å². The molecule has 3 rings (SSSR count). The number of aromatic nitrogens is 2. The monoisotopic (exact) mass is 342 g/mol. The van der Waals surface area contributed by atoms with Gasteiger partial charge in [0.25, 0.3) is 5.91 Å². The summed E-state index contributed by atoms with van der Waals surface area (Å²) in [5.41, 5.74) is 1.32. The van der Waals surface area contributed by atoms with Crippen molar-refractivity contribution >= 4 is 11.9 Å². The molecule has 1 amide bonds. The fourth-order valence-corrected chi connectivity index (χ4v) is 2.94. The summed E-state index contributed by atoms with van der Waals surface area (Å²) >= 11 is 0. The number of anilines is 1. The number of piperidine rings is 1. The third-order valence-corrected chi connectivity index (χ3v) is 4.42. The molecule has 0 spiro atoms. The van der Waals surface area contributed by atoms with Crippen LogP contribution in [0, 0.1) is 6.92 Å². The van der Waals surface area contributed by atoms with Crippen LogP contribution in [0.4, 0.5) is 5.95 Å². The molecular formula is C19H26N4O2. The number of nitrogens with zero attached hydrogens (tertiary/aromatic N) is 3. The van der Waals surface area contributed by atoms with E-state index in [2.05, 4.69) is 34.0 Å². The fourth-order valence-electron chi connectivity index (χ4n) is 2.94. The van der Waals surface area contributed by atoms with Crippen molar-refractivity contribution in [1.82, 2.24) is 15.3 Å². The summed E-state index contributed by atoms with van der Waals surface area (Å²) in [6, 6.07) is 5.55. The molecule has 25 heavy (non-hydrogen) atoms. The molecule has 0 aromatic carbocycles. The largest absolute Gasteiger partial charge is 0.465 e. The van der Waals surface area contributed by atoms with Crippen molar-refractivity contribution in [3.63, 3.8) is 0 Å². The maximum atomic E-state index is 12.6. The van der Waals surface area contributed by atoms with E-state index in [-0.39, 0.29) is 11.8 Å². The molecule has 0 saturated carbocycles. The number of aryl methyl sites for hydroxylation is 1. The van der Waals surface area contributed by atoms with Crippen LogP contribution >= 0.6 is 0 Å². The van der Waals surface area contributed by atoms with E-state index >= 15 is 0 Å². The van der Waals surface area contributed by atoms with Crippen LogP contribution in [0.2, 0.25) is 0 Å². The maximum absolute atomic E-state index is 12.6. The zero-order chi connectivity index (χ0) is 17.8. The van der Waals surface area contributed by atoms with Crippen LogP contribution in [0.15, 0.2) is 22.6 Å². The Morgan fingerprint density at radius 3 is 2.64 bits per heavy atom. The van der Waals surface area contributed by atoms with Gasteiger partial charge in [0, 0.05) is 18.8 Å². The molecule has 1 N–H and O–H groups in total. The van der Waals surface area contributed by atoms with E-state index < -0.39 is 0 Å². The summed E-state index contributed by atoms with van der Waals surface area (Å²) in [6.07, 6.45) is 3.54. The van der Waals surface area contributed by atoms with Gasteiger partial charge in [0.2, 0.25) is 5.95 Å². The van der Waals surface area contributed by atoms with Crippen LogP contribution in [0.1, 0.15) is 66.7 Å². The Morgan fingerprint density at radius 2 is 2.00 bits per heavy atom. The molecule has 1 aliphatic rings. The van der Waals surface area contributed by atoms with Crippen molar-refractivity contribution in [3.05, 3.63) is 41.1 Å². The number of hydrogen-bond acceptors (Lipinski definition) is 5. The SMILES string of the molecule is Cc1ccc(CNC(=O)c2cc(C(C)C)nc(N3CCCCC3)n2)o1. The van der Waals surface area contributed by atoms with Crippen LogP contribution in [0.25, 0.3) is 0 Å². The van der Waals surface area contributed by atoms with E-state index in [1.807, 2.05) is 19.1 Å². The highest BCUT2D eigenvalue weighted by atomic mass is 16.3. The summed E-state index contributed by atoms with van der Waals surface area (Å²) < 4.78 is 5.49. The number of furan rings is 1. The molecule has 2 aromatic rings. The first-order chi connectivity index (χ1) is 12.0. The minimum atomic E-state index is -0.198. The van der Waals surface area contributed by atoms with Gasteiger partial charge in [0.05, 0.1) is 6.54 Å². The Labute approximate surface area is 148 Å². The summed E-state index contributed by atoms with van der Waals surface area (Å²) in [5, 5.41) is 2.88. The third-order valence-electron chi connectivity index (χ3n) is 4.42. The normalized spacial score (nSPS) is 14.8. The summed E-state index contributed by atoms with van der Waals surface area (Å²) in [6.45, 7) is 8.30. The minimum absolute atomic E-state index is 0.198. The molecule has 134 valence electrons. The fraction of sp³-hybridized carbons (Fsp3) is 0.526. The van der Waals surface area contributed by atoms with E-state index in [0.717, 1.165) is 43.1 Å². The molecule has 2 aromatic heterocycles. The van der Waals surface area contributed by atoms with Crippen molar-refractivity contribution in [2.45, 2.75) is 52.5 Å². The maximum Gasteiger partial charge on any atom is 0.270 e. The van der Waals surface area contributed by atoms with Gasteiger partial charge < -0.3 is 14.6 Å². The predicted octanol–water partition coefficient (Wildman–Crippen LogP) is 3.42. The molecule has 0 bridgehead atoms. The van der Waals surface area contributed by atoms with Crippen molar-refractivity contribution in [1.29, 1.82) is 0 Å². The van der Waals surface area contributed by atoms with Crippen LogP contribution < -0.4 is 10.2 Å². The summed E-state index contributed by atoms with van der Waals surface area (Å²) in [7, 11) is 0. The molecule has 1 saturated heterocycles. The summed E-state index contributed by atoms with van der Waals surface area (Å²) in [5.74, 6) is 2.29. The van der Waals surface area contributed by atoms with E-state index in [1.165, 1.54) is 6.42 Å². The Balaban J connectivity index is 1.78. The second-order valence-electron chi connectivity index (χ2n) is 6.88. The number of nitrogens with one attached hydrogen (secondary N) is 1. The molecule has 3 heterocycles. The molecule has 0 aliphatic carbocycles. The minimum Gasteiger partial charge on any atom is -0.465 e. The Hall–Kier alpha value is -2.37. The lowest BCUT2D eigenvalue weighted by atomic mass is 10.1. The first-order valence-electron chi connectivity index (χ1n) is 9.00. The van der Waals surface area contributed by atoms with Gasteiger partial charge in [-0.15, -0.1) is 0 Å². The van der Waals surface area contributed by atoms with E-state index in [1.54, 1.807) is 6.07 Å². The molecule has 0 radical (unpaired) electrons. The quantitative estimate of drug-likeness (QED) is 0.901. The van der Waals surface area contributed by atoms with Crippen LogP contribution in [0.3, 0.4) is 0 Å². The second-order valence-corrected chi connectivity index (χ2v) is 6.88. The van der Waals surface area contributed by atoms with Gasteiger partial charge in [0.15, 0.2) is 0 Å². The number of amides is 1. The van der Waals surface area contributed by atoms with Crippen molar-refractivity contribution in [3.8, 4) is 0 Å². The zero-order valence-electron chi connectivity index (χ0n) is 15.2. The van der Waals surface area contributed by atoms with Gasteiger partial charge in [-0.25, -0.2) is 9.97 Å². The lowest BCUT2D eigenvalue weighted by Crippen LogP contribution is -2.32. The van der Waals surface area contributed by atoms with E-state index in [4.69, 9.17) is 4.42 Å². The molecule has 6 nitrogen and oxygen atoms in total. The van der Waals surface area contributed by atoms with Gasteiger partial charge in [-0.05, 0) is 50.3 Å². The Bertz CT molecular complexity index is 733. The van der Waals surface area contributed by atoms with Gasteiger partial charge in [-0.2, -0.15) is 0 Å². The predicted molar refractivity (Wildman–Crippen MR) is 96.8 cm³/mol. The highest BCUT2D eigenvalue weighted by Crippen LogP contribution is 2.20. The number of hydrogen-bond donors (Lipinski definition) is 1. The molecular weight excluding hydrogens is 316 g/mol. The average Bonchev–Trinajstić information content (AvgIpc) is 3.05. The lowest BCUT2D eigenvalue weighted by Gasteiger charge is -2.27. The van der Waals surface area contributed by atoms with E-state index in [0.29, 0.717) is 18.2 Å². The second kappa shape index (κ2) is 7.68. The van der Waals surface area contributed by atoms with Crippen molar-refractivity contribution < 1.29 is 9.21 Å².